The number of nitrogens with one attached hydrogen (secondary N) is 1. The van der Waals surface area contributed by atoms with Crippen molar-refractivity contribution in [2.45, 2.75) is 0 Å². The maximum absolute atomic E-state index is 4.16. The van der Waals surface area contributed by atoms with Crippen LogP contribution in [-0.4, -0.2) is 15.0 Å². The second kappa shape index (κ2) is 4.87. The molecule has 0 spiro atoms. The van der Waals surface area contributed by atoms with Crippen molar-refractivity contribution in [3.63, 3.8) is 0 Å². The van der Waals surface area contributed by atoms with Crippen LogP contribution in [0, 0.1) is 0 Å². The van der Waals surface area contributed by atoms with Gasteiger partial charge in [0.25, 0.3) is 0 Å². The van der Waals surface area contributed by atoms with Crippen LogP contribution in [0.1, 0.15) is 0 Å². The Kier molecular flexibility index (Phi) is 2.75. The van der Waals surface area contributed by atoms with Gasteiger partial charge in [-0.15, -0.1) is 0 Å². The molecule has 2 aromatic heterocycles. The molecule has 3 nitrogen and oxygen atoms in total. The van der Waals surface area contributed by atoms with Crippen molar-refractivity contribution in [3.8, 4) is 22.4 Å². The Morgan fingerprint density at radius 3 is 2.24 bits per heavy atom. The highest BCUT2D eigenvalue weighted by Gasteiger charge is 2.14. The van der Waals surface area contributed by atoms with Crippen molar-refractivity contribution < 1.29 is 0 Å². The molecule has 0 radical (unpaired) electrons. The first-order chi connectivity index (χ1) is 10.4. The van der Waals surface area contributed by atoms with Crippen LogP contribution in [0.4, 0.5) is 0 Å². The van der Waals surface area contributed by atoms with E-state index in [1.54, 1.807) is 6.33 Å². The number of rotatable bonds is 2. The van der Waals surface area contributed by atoms with Crippen molar-refractivity contribution >= 4 is 10.9 Å². The smallest absolute Gasteiger partial charge is 0.115 e. The van der Waals surface area contributed by atoms with Crippen LogP contribution in [0.2, 0.25) is 0 Å². The molecule has 0 bridgehead atoms. The van der Waals surface area contributed by atoms with E-state index in [2.05, 4.69) is 45.3 Å². The number of aromatic nitrogens is 3. The van der Waals surface area contributed by atoms with Gasteiger partial charge >= 0.3 is 0 Å². The second-order valence-corrected chi connectivity index (χ2v) is 4.91. The summed E-state index contributed by atoms with van der Waals surface area (Å²) in [7, 11) is 0. The lowest BCUT2D eigenvalue weighted by molar-refractivity contribution is 1.17. The number of para-hydroxylation sites is 1. The van der Waals surface area contributed by atoms with Crippen LogP contribution >= 0.6 is 0 Å². The Morgan fingerprint density at radius 2 is 1.43 bits per heavy atom. The van der Waals surface area contributed by atoms with Gasteiger partial charge in [0.15, 0.2) is 0 Å². The lowest BCUT2D eigenvalue weighted by atomic mass is 10.0. The monoisotopic (exact) mass is 271 g/mol. The largest absolute Gasteiger partial charge is 0.354 e. The van der Waals surface area contributed by atoms with Gasteiger partial charge in [0.2, 0.25) is 0 Å². The standard InChI is InChI=1S/C18H13N3/c1-2-6-13(7-3-1)18-17(14-10-19-12-20-11-14)15-8-4-5-9-16(15)21-18/h1-12,21H. The second-order valence-electron chi connectivity index (χ2n) is 4.91. The van der Waals surface area contributed by atoms with Gasteiger partial charge in [0, 0.05) is 34.4 Å². The Bertz CT molecular complexity index is 880. The minimum absolute atomic E-state index is 1.02. The van der Waals surface area contributed by atoms with E-state index in [1.807, 2.05) is 36.7 Å². The van der Waals surface area contributed by atoms with Crippen molar-refractivity contribution in [2.24, 2.45) is 0 Å². The van der Waals surface area contributed by atoms with Crippen molar-refractivity contribution in [1.82, 2.24) is 15.0 Å². The molecule has 100 valence electrons. The lowest BCUT2D eigenvalue weighted by Gasteiger charge is -2.04. The van der Waals surface area contributed by atoms with E-state index in [4.69, 9.17) is 0 Å². The SMILES string of the molecule is c1ccc(-c2[nH]c3ccccc3c2-c2cncnc2)cc1. The van der Waals surface area contributed by atoms with Gasteiger partial charge in [-0.1, -0.05) is 48.5 Å². The molecule has 0 saturated heterocycles. The third-order valence-corrected chi connectivity index (χ3v) is 3.62. The maximum Gasteiger partial charge on any atom is 0.115 e. The van der Waals surface area contributed by atoms with E-state index >= 15 is 0 Å². The van der Waals surface area contributed by atoms with Crippen LogP contribution in [0.3, 0.4) is 0 Å². The molecule has 0 aliphatic rings. The summed E-state index contributed by atoms with van der Waals surface area (Å²) in [4.78, 5) is 11.8. The molecule has 21 heavy (non-hydrogen) atoms. The quantitative estimate of drug-likeness (QED) is 0.591. The zero-order valence-electron chi connectivity index (χ0n) is 11.3. The summed E-state index contributed by atoms with van der Waals surface area (Å²) in [6.45, 7) is 0. The zero-order chi connectivity index (χ0) is 14.1. The van der Waals surface area contributed by atoms with Gasteiger partial charge in [0.1, 0.15) is 6.33 Å². The summed E-state index contributed by atoms with van der Waals surface area (Å²) in [6, 6.07) is 18.7. The topological polar surface area (TPSA) is 41.6 Å². The average Bonchev–Trinajstić information content (AvgIpc) is 2.96. The molecule has 3 heteroatoms. The van der Waals surface area contributed by atoms with E-state index in [9.17, 15) is 0 Å². The molecule has 0 fully saturated rings. The Labute approximate surface area is 122 Å². The van der Waals surface area contributed by atoms with Gasteiger partial charge in [-0.2, -0.15) is 0 Å². The fraction of sp³-hybridized carbons (Fsp3) is 0. The molecule has 0 aliphatic carbocycles. The zero-order valence-corrected chi connectivity index (χ0v) is 11.3. The first-order valence-corrected chi connectivity index (χ1v) is 6.85. The van der Waals surface area contributed by atoms with Gasteiger partial charge in [-0.3, -0.25) is 0 Å². The van der Waals surface area contributed by atoms with Gasteiger partial charge in [-0.05, 0) is 11.6 Å². The molecule has 2 aromatic carbocycles. The van der Waals surface area contributed by atoms with E-state index in [-0.39, 0.29) is 0 Å². The number of fused-ring (bicyclic) bond motifs is 1. The average molecular weight is 271 g/mol. The molecule has 1 N–H and O–H groups in total. The Balaban J connectivity index is 2.07. The summed E-state index contributed by atoms with van der Waals surface area (Å²) in [5.41, 5.74) is 5.56. The van der Waals surface area contributed by atoms with E-state index in [0.717, 1.165) is 27.9 Å². The number of nitrogens with zero attached hydrogens (tertiary/aromatic N) is 2. The minimum atomic E-state index is 1.02. The van der Waals surface area contributed by atoms with Gasteiger partial charge in [-0.25, -0.2) is 9.97 Å². The summed E-state index contributed by atoms with van der Waals surface area (Å²) in [6.07, 6.45) is 5.27. The first-order valence-electron chi connectivity index (χ1n) is 6.85. The number of hydrogen-bond acceptors (Lipinski definition) is 2. The molecular weight excluding hydrogens is 258 g/mol. The third-order valence-electron chi connectivity index (χ3n) is 3.62. The molecule has 0 amide bonds. The van der Waals surface area contributed by atoms with E-state index < -0.39 is 0 Å². The molecule has 0 saturated carbocycles. The molecule has 0 atom stereocenters. The highest BCUT2D eigenvalue weighted by atomic mass is 14.8. The first kappa shape index (κ1) is 11.9. The fourth-order valence-electron chi connectivity index (χ4n) is 2.69. The van der Waals surface area contributed by atoms with Crippen LogP contribution in [0.25, 0.3) is 33.3 Å². The Hall–Kier alpha value is -2.94. The highest BCUT2D eigenvalue weighted by molar-refractivity contribution is 6.03. The van der Waals surface area contributed by atoms with Crippen LogP contribution in [0.5, 0.6) is 0 Å². The van der Waals surface area contributed by atoms with Gasteiger partial charge < -0.3 is 4.98 Å². The highest BCUT2D eigenvalue weighted by Crippen LogP contribution is 2.37. The van der Waals surface area contributed by atoms with Crippen molar-refractivity contribution in [1.29, 1.82) is 0 Å². The van der Waals surface area contributed by atoms with E-state index in [0.29, 0.717) is 0 Å². The molecule has 0 aliphatic heterocycles. The van der Waals surface area contributed by atoms with Crippen LogP contribution < -0.4 is 0 Å². The molecule has 4 rings (SSSR count). The minimum Gasteiger partial charge on any atom is -0.354 e. The predicted molar refractivity (Wildman–Crippen MR) is 84.8 cm³/mol. The van der Waals surface area contributed by atoms with Crippen molar-refractivity contribution in [3.05, 3.63) is 73.3 Å². The number of H-pyrrole nitrogens is 1. The van der Waals surface area contributed by atoms with Crippen molar-refractivity contribution in [2.75, 3.05) is 0 Å². The van der Waals surface area contributed by atoms with Crippen LogP contribution in [-0.2, 0) is 0 Å². The summed E-state index contributed by atoms with van der Waals surface area (Å²) >= 11 is 0. The molecule has 2 heterocycles. The number of benzene rings is 2. The summed E-state index contributed by atoms with van der Waals surface area (Å²) in [5, 5.41) is 1.19. The molecule has 0 unspecified atom stereocenters. The molecular formula is C18H13N3. The Morgan fingerprint density at radius 1 is 0.714 bits per heavy atom. The van der Waals surface area contributed by atoms with Crippen LogP contribution in [0.15, 0.2) is 73.3 Å². The number of hydrogen-bond donors (Lipinski definition) is 1. The van der Waals surface area contributed by atoms with E-state index in [1.165, 1.54) is 5.39 Å². The fourth-order valence-corrected chi connectivity index (χ4v) is 2.69. The summed E-state index contributed by atoms with van der Waals surface area (Å²) in [5.74, 6) is 0. The number of aromatic amines is 1. The molecule has 4 aromatic rings. The third kappa shape index (κ3) is 1.99. The summed E-state index contributed by atoms with van der Waals surface area (Å²) < 4.78 is 0. The normalized spacial score (nSPS) is 10.9. The van der Waals surface area contributed by atoms with Gasteiger partial charge in [0.05, 0.1) is 5.69 Å². The lowest BCUT2D eigenvalue weighted by Crippen LogP contribution is -1.85. The predicted octanol–water partition coefficient (Wildman–Crippen LogP) is 4.29. The maximum atomic E-state index is 4.16.